The maximum absolute atomic E-state index is 14.4. The number of sulfonamides is 1. The van der Waals surface area contributed by atoms with Crippen LogP contribution < -0.4 is 15.4 Å². The summed E-state index contributed by atoms with van der Waals surface area (Å²) in [6.07, 6.45) is 5.80. The fourth-order valence-corrected chi connectivity index (χ4v) is 8.36. The lowest BCUT2D eigenvalue weighted by atomic mass is 9.92. The van der Waals surface area contributed by atoms with Crippen molar-refractivity contribution in [3.8, 4) is 0 Å². The molecule has 5 aliphatic rings. The van der Waals surface area contributed by atoms with Gasteiger partial charge in [-0.3, -0.25) is 28.8 Å². The van der Waals surface area contributed by atoms with E-state index in [9.17, 15) is 41.9 Å². The van der Waals surface area contributed by atoms with E-state index in [-0.39, 0.29) is 38.9 Å². The summed E-state index contributed by atoms with van der Waals surface area (Å²) in [7, 11) is -3.93. The molecule has 5 atom stereocenters. The maximum atomic E-state index is 14.4. The van der Waals surface area contributed by atoms with E-state index in [2.05, 4.69) is 15.4 Å². The largest absolute Gasteiger partial charge is 0.444 e. The highest BCUT2D eigenvalue weighted by Crippen LogP contribution is 2.46. The van der Waals surface area contributed by atoms with Crippen LogP contribution >= 0.6 is 0 Å². The topological polar surface area (TPSA) is 192 Å². The first kappa shape index (κ1) is 36.7. The number of aliphatic hydroxyl groups is 1. The quantitative estimate of drug-likeness (QED) is 0.303. The molecule has 278 valence electrons. The number of aliphatic hydroxyl groups excluding tert-OH is 1. The van der Waals surface area contributed by atoms with Crippen molar-refractivity contribution >= 4 is 39.7 Å². The standard InChI is InChI=1S/C35H46FN5O9S/c1-34(2,20-42)31(45)37-27-12-7-5-3-4-6-10-22-16-35(22,32(46)39-51(48,49)24-13-14-24)38-29(43)28-15-23(18-41(28)30(27)44)50-33(47)40-17-21-9-8-11-26(36)25(21)19-40/h6,8-11,22-24,27-28,42H,3-5,7,12-20H2,1-2H3,(H,37,45)(H,38,43)(H,39,46)/t22-,23-,27+,28+,35-/m1/s1. The monoisotopic (exact) mass is 731 g/mol. The Kier molecular flexibility index (Phi) is 10.2. The Bertz CT molecular complexity index is 1730. The summed E-state index contributed by atoms with van der Waals surface area (Å²) in [5.74, 6) is -3.65. The van der Waals surface area contributed by atoms with Gasteiger partial charge in [-0.25, -0.2) is 17.6 Å². The maximum Gasteiger partial charge on any atom is 0.410 e. The number of hydrogen-bond donors (Lipinski definition) is 4. The molecular formula is C35H46FN5O9S. The van der Waals surface area contributed by atoms with E-state index >= 15 is 0 Å². The second kappa shape index (κ2) is 14.2. The minimum absolute atomic E-state index is 0.00876. The van der Waals surface area contributed by atoms with E-state index in [0.717, 1.165) is 6.42 Å². The highest BCUT2D eigenvalue weighted by atomic mass is 32.2. The second-order valence-electron chi connectivity index (χ2n) is 15.1. The van der Waals surface area contributed by atoms with Gasteiger partial charge in [0.1, 0.15) is 29.5 Å². The van der Waals surface area contributed by atoms with Gasteiger partial charge >= 0.3 is 6.09 Å². The van der Waals surface area contributed by atoms with Gasteiger partial charge in [-0.15, -0.1) is 0 Å². The van der Waals surface area contributed by atoms with Gasteiger partial charge in [0, 0.05) is 24.4 Å². The first-order valence-corrected chi connectivity index (χ1v) is 19.2. The molecule has 4 N–H and O–H groups in total. The SMILES string of the molecule is CC(C)(CO)C(=O)N[C@H]1CCCCCC=C[C@@H]2C[C@@]2(C(=O)NS(=O)(=O)C2CC2)NC(=O)[C@@H]2C[C@@H](OC(=O)N3Cc4cccc(F)c4C3)CN2C1=O. The molecule has 0 unspecified atom stereocenters. The van der Waals surface area contributed by atoms with E-state index in [1.807, 2.05) is 12.2 Å². The van der Waals surface area contributed by atoms with Gasteiger partial charge in [-0.2, -0.15) is 0 Å². The third-order valence-corrected chi connectivity index (χ3v) is 12.4. The number of carbonyl (C=O) groups excluding carboxylic acids is 5. The van der Waals surface area contributed by atoms with Crippen LogP contribution in [-0.2, 0) is 47.0 Å². The van der Waals surface area contributed by atoms with Gasteiger partial charge in [0.15, 0.2) is 0 Å². The number of ether oxygens (including phenoxy) is 1. The zero-order chi connectivity index (χ0) is 36.7. The van der Waals surface area contributed by atoms with Crippen molar-refractivity contribution in [2.75, 3.05) is 13.2 Å². The molecule has 0 bridgehead atoms. The number of nitrogens with zero attached hydrogens (tertiary/aromatic N) is 2. The molecule has 51 heavy (non-hydrogen) atoms. The normalized spacial score (nSPS) is 28.4. The van der Waals surface area contributed by atoms with Gasteiger partial charge in [0.25, 0.3) is 5.91 Å². The zero-order valence-electron chi connectivity index (χ0n) is 28.9. The van der Waals surface area contributed by atoms with Gasteiger partial charge in [0.2, 0.25) is 27.7 Å². The third-order valence-electron chi connectivity index (χ3n) is 10.6. The Hall–Kier alpha value is -4.05. The van der Waals surface area contributed by atoms with Crippen LogP contribution in [0, 0.1) is 17.2 Å². The van der Waals surface area contributed by atoms with Crippen molar-refractivity contribution in [1.82, 2.24) is 25.2 Å². The van der Waals surface area contributed by atoms with Crippen molar-refractivity contribution in [3.63, 3.8) is 0 Å². The molecule has 3 fully saturated rings. The summed E-state index contributed by atoms with van der Waals surface area (Å²) in [4.78, 5) is 71.1. The zero-order valence-corrected chi connectivity index (χ0v) is 29.7. The molecule has 1 saturated heterocycles. The van der Waals surface area contributed by atoms with Crippen LogP contribution in [-0.4, -0.2) is 95.2 Å². The first-order chi connectivity index (χ1) is 24.1. The number of halogens is 1. The summed E-state index contributed by atoms with van der Waals surface area (Å²) in [5.41, 5.74) is -1.74. The predicted octanol–water partition coefficient (Wildman–Crippen LogP) is 1.75. The van der Waals surface area contributed by atoms with Crippen molar-refractivity contribution in [1.29, 1.82) is 0 Å². The van der Waals surface area contributed by atoms with Crippen molar-refractivity contribution in [2.24, 2.45) is 11.3 Å². The van der Waals surface area contributed by atoms with Crippen LogP contribution in [0.25, 0.3) is 0 Å². The molecule has 0 radical (unpaired) electrons. The number of amides is 5. The molecule has 16 heteroatoms. The fourth-order valence-electron chi connectivity index (χ4n) is 7.00. The third kappa shape index (κ3) is 7.76. The molecule has 3 aliphatic heterocycles. The molecule has 1 aromatic rings. The molecule has 2 saturated carbocycles. The Balaban J connectivity index is 1.26. The number of hydrogen-bond acceptors (Lipinski definition) is 9. The average Bonchev–Trinajstić information content (AvgIpc) is 3.97. The molecular weight excluding hydrogens is 685 g/mol. The fraction of sp³-hybridized carbons (Fsp3) is 0.629. The summed E-state index contributed by atoms with van der Waals surface area (Å²) in [6, 6.07) is 2.27. The molecule has 6 rings (SSSR count). The number of rotatable bonds is 7. The minimum Gasteiger partial charge on any atom is -0.444 e. The van der Waals surface area contributed by atoms with Gasteiger partial charge in [-0.05, 0) is 64.0 Å². The number of allylic oxidation sites excluding steroid dienone is 1. The highest BCUT2D eigenvalue weighted by Gasteiger charge is 2.62. The molecule has 3 heterocycles. The minimum atomic E-state index is -3.93. The van der Waals surface area contributed by atoms with Gasteiger partial charge < -0.3 is 25.4 Å². The molecule has 0 aromatic heterocycles. The number of benzene rings is 1. The average molecular weight is 732 g/mol. The lowest BCUT2D eigenvalue weighted by molar-refractivity contribution is -0.144. The number of nitrogens with one attached hydrogen (secondary N) is 3. The summed E-state index contributed by atoms with van der Waals surface area (Å²) in [6.45, 7) is 2.52. The van der Waals surface area contributed by atoms with E-state index < -0.39 is 92.5 Å². The van der Waals surface area contributed by atoms with Crippen molar-refractivity contribution in [2.45, 2.75) is 114 Å². The van der Waals surface area contributed by atoms with Crippen LogP contribution in [0.15, 0.2) is 30.4 Å². The van der Waals surface area contributed by atoms with Crippen LogP contribution in [0.4, 0.5) is 9.18 Å². The Labute approximate surface area is 296 Å². The van der Waals surface area contributed by atoms with Crippen LogP contribution in [0.1, 0.15) is 82.8 Å². The summed E-state index contributed by atoms with van der Waals surface area (Å²) in [5, 5.41) is 14.7. The molecule has 5 amide bonds. The van der Waals surface area contributed by atoms with Gasteiger partial charge in [-0.1, -0.05) is 37.1 Å². The van der Waals surface area contributed by atoms with E-state index in [1.165, 1.54) is 29.7 Å². The first-order valence-electron chi connectivity index (χ1n) is 17.6. The van der Waals surface area contributed by atoms with Crippen LogP contribution in [0.5, 0.6) is 0 Å². The van der Waals surface area contributed by atoms with E-state index in [0.29, 0.717) is 43.2 Å². The smallest absolute Gasteiger partial charge is 0.410 e. The highest BCUT2D eigenvalue weighted by molar-refractivity contribution is 7.91. The molecule has 0 spiro atoms. The predicted molar refractivity (Wildman–Crippen MR) is 180 cm³/mol. The lowest BCUT2D eigenvalue weighted by Crippen LogP contribution is -2.59. The Morgan fingerprint density at radius 2 is 1.88 bits per heavy atom. The Morgan fingerprint density at radius 3 is 2.59 bits per heavy atom. The summed E-state index contributed by atoms with van der Waals surface area (Å²) >= 11 is 0. The summed E-state index contributed by atoms with van der Waals surface area (Å²) < 4.78 is 47.8. The van der Waals surface area contributed by atoms with Crippen molar-refractivity contribution in [3.05, 3.63) is 47.3 Å². The molecule has 14 nitrogen and oxygen atoms in total. The Morgan fingerprint density at radius 1 is 1.12 bits per heavy atom. The van der Waals surface area contributed by atoms with Crippen molar-refractivity contribution < 1.29 is 46.6 Å². The number of carbonyl (C=O) groups is 5. The second-order valence-corrected chi connectivity index (χ2v) is 17.0. The van der Waals surface area contributed by atoms with Gasteiger partial charge in [0.05, 0.1) is 30.4 Å². The molecule has 2 aliphatic carbocycles. The van der Waals surface area contributed by atoms with Crippen LogP contribution in [0.3, 0.4) is 0 Å². The lowest BCUT2D eigenvalue weighted by Gasteiger charge is -2.31. The molecule has 1 aromatic carbocycles. The van der Waals surface area contributed by atoms with E-state index in [4.69, 9.17) is 4.74 Å². The van der Waals surface area contributed by atoms with Crippen LogP contribution in [0.2, 0.25) is 0 Å². The van der Waals surface area contributed by atoms with E-state index in [1.54, 1.807) is 12.1 Å². The number of fused-ring (bicyclic) bond motifs is 3.